The molecule has 1 rings (SSSR count). The van der Waals surface area contributed by atoms with E-state index in [-0.39, 0.29) is 6.09 Å². The predicted octanol–water partition coefficient (Wildman–Crippen LogP) is 3.01. The molecule has 0 aliphatic heterocycles. The molecule has 0 saturated heterocycles. The minimum Gasteiger partial charge on any atom is -0.507 e. The molecule has 0 fully saturated rings. The molecule has 0 saturated carbocycles. The normalized spacial score (nSPS) is 11.3. The van der Waals surface area contributed by atoms with E-state index in [4.69, 9.17) is 4.74 Å². The van der Waals surface area contributed by atoms with Crippen LogP contribution in [0.5, 0.6) is 5.75 Å². The number of aryl methyl sites for hydroxylation is 2. The van der Waals surface area contributed by atoms with Crippen molar-refractivity contribution in [2.45, 2.75) is 53.2 Å². The summed E-state index contributed by atoms with van der Waals surface area (Å²) in [5.74, 6) is 0.366. The van der Waals surface area contributed by atoms with Gasteiger partial charge in [-0.05, 0) is 64.3 Å². The van der Waals surface area contributed by atoms with E-state index in [1.807, 2.05) is 46.8 Å². The summed E-state index contributed by atoms with van der Waals surface area (Å²) in [4.78, 5) is 11.4. The molecule has 0 aliphatic rings. The van der Waals surface area contributed by atoms with Gasteiger partial charge in [-0.25, -0.2) is 4.79 Å². The van der Waals surface area contributed by atoms with Crippen molar-refractivity contribution in [2.24, 2.45) is 0 Å². The average Bonchev–Trinajstić information content (AvgIpc) is 2.37. The van der Waals surface area contributed by atoms with Crippen LogP contribution in [0, 0.1) is 13.8 Å². The fourth-order valence-electron chi connectivity index (χ4n) is 2.10. The number of phenolic OH excluding ortho intramolecular Hbond substituents is 1. The Hall–Kier alpha value is -1.75. The molecule has 1 aromatic rings. The molecule has 0 unspecified atom stereocenters. The van der Waals surface area contributed by atoms with E-state index in [1.165, 1.54) is 0 Å². The molecule has 0 aliphatic carbocycles. The van der Waals surface area contributed by atoms with Crippen LogP contribution < -0.4 is 10.6 Å². The van der Waals surface area contributed by atoms with Crippen LogP contribution in [-0.4, -0.2) is 29.9 Å². The molecule has 0 radical (unpaired) electrons. The van der Waals surface area contributed by atoms with Crippen LogP contribution in [-0.2, 0) is 11.3 Å². The van der Waals surface area contributed by atoms with Gasteiger partial charge in [0.25, 0.3) is 0 Å². The van der Waals surface area contributed by atoms with Crippen molar-refractivity contribution in [1.29, 1.82) is 0 Å². The zero-order valence-corrected chi connectivity index (χ0v) is 14.2. The first-order valence-corrected chi connectivity index (χ1v) is 7.65. The van der Waals surface area contributed by atoms with Gasteiger partial charge in [0, 0.05) is 13.1 Å². The maximum absolute atomic E-state index is 11.4. The van der Waals surface area contributed by atoms with Crippen molar-refractivity contribution in [3.63, 3.8) is 0 Å². The molecule has 3 N–H and O–H groups in total. The molecule has 0 bridgehead atoms. The largest absolute Gasteiger partial charge is 0.507 e. The summed E-state index contributed by atoms with van der Waals surface area (Å²) in [7, 11) is 0. The number of nitrogens with one attached hydrogen (secondary N) is 2. The first-order chi connectivity index (χ1) is 10.2. The highest BCUT2D eigenvalue weighted by Gasteiger charge is 2.15. The predicted molar refractivity (Wildman–Crippen MR) is 88.1 cm³/mol. The zero-order valence-electron chi connectivity index (χ0n) is 14.2. The van der Waals surface area contributed by atoms with Crippen molar-refractivity contribution >= 4 is 6.09 Å². The number of phenols is 1. The quantitative estimate of drug-likeness (QED) is 0.707. The summed E-state index contributed by atoms with van der Waals surface area (Å²) in [5.41, 5.74) is 2.47. The Morgan fingerprint density at radius 3 is 2.32 bits per heavy atom. The number of amides is 1. The number of rotatable bonds is 6. The van der Waals surface area contributed by atoms with Crippen molar-refractivity contribution in [1.82, 2.24) is 10.6 Å². The molecule has 1 aromatic carbocycles. The van der Waals surface area contributed by atoms with Gasteiger partial charge in [0.2, 0.25) is 0 Å². The number of alkyl carbamates (subject to hydrolysis) is 1. The Bertz CT molecular complexity index is 484. The van der Waals surface area contributed by atoms with Crippen LogP contribution in [0.3, 0.4) is 0 Å². The van der Waals surface area contributed by atoms with Crippen LogP contribution >= 0.6 is 0 Å². The molecule has 5 nitrogen and oxygen atoms in total. The molecule has 22 heavy (non-hydrogen) atoms. The van der Waals surface area contributed by atoms with Crippen molar-refractivity contribution in [3.8, 4) is 5.75 Å². The van der Waals surface area contributed by atoms with Gasteiger partial charge in [-0.15, -0.1) is 0 Å². The first kappa shape index (κ1) is 18.3. The molecule has 5 heteroatoms. The highest BCUT2D eigenvalue weighted by atomic mass is 16.6. The molecule has 124 valence electrons. The van der Waals surface area contributed by atoms with Crippen molar-refractivity contribution in [3.05, 3.63) is 28.8 Å². The smallest absolute Gasteiger partial charge is 0.407 e. The zero-order chi connectivity index (χ0) is 16.8. The maximum atomic E-state index is 11.4. The van der Waals surface area contributed by atoms with Gasteiger partial charge in [0.1, 0.15) is 11.4 Å². The van der Waals surface area contributed by atoms with Crippen molar-refractivity contribution in [2.75, 3.05) is 13.1 Å². The summed E-state index contributed by atoms with van der Waals surface area (Å²) in [5, 5.41) is 15.8. The number of carbonyl (C=O) groups is 1. The molecule has 0 spiro atoms. The van der Waals surface area contributed by atoms with E-state index in [0.29, 0.717) is 12.3 Å². The second kappa shape index (κ2) is 8.03. The van der Waals surface area contributed by atoms with Crippen molar-refractivity contribution < 1.29 is 14.6 Å². The summed E-state index contributed by atoms with van der Waals surface area (Å²) in [6.07, 6.45) is 0.451. The van der Waals surface area contributed by atoms with Gasteiger partial charge < -0.3 is 20.5 Å². The molecular formula is C17H28N2O3. The minimum absolute atomic E-state index is 0.366. The number of hydrogen-bond donors (Lipinski definition) is 3. The molecule has 0 atom stereocenters. The maximum Gasteiger partial charge on any atom is 0.407 e. The molecule has 1 amide bonds. The van der Waals surface area contributed by atoms with Gasteiger partial charge in [-0.3, -0.25) is 0 Å². The van der Waals surface area contributed by atoms with Crippen LogP contribution in [0.15, 0.2) is 12.1 Å². The number of ether oxygens (including phenoxy) is 1. The van der Waals surface area contributed by atoms with Crippen LogP contribution in [0.25, 0.3) is 0 Å². The van der Waals surface area contributed by atoms with E-state index >= 15 is 0 Å². The number of aromatic hydroxyl groups is 1. The van der Waals surface area contributed by atoms with Crippen LogP contribution in [0.4, 0.5) is 4.79 Å². The van der Waals surface area contributed by atoms with E-state index in [9.17, 15) is 9.90 Å². The van der Waals surface area contributed by atoms with Gasteiger partial charge >= 0.3 is 6.09 Å². The highest BCUT2D eigenvalue weighted by molar-refractivity contribution is 5.67. The van der Waals surface area contributed by atoms with E-state index in [0.717, 1.165) is 36.2 Å². The van der Waals surface area contributed by atoms with E-state index in [1.54, 1.807) is 0 Å². The Labute approximate surface area is 133 Å². The number of carbonyl (C=O) groups excluding carboxylic acids is 1. The lowest BCUT2D eigenvalue weighted by molar-refractivity contribution is 0.0527. The Balaban J connectivity index is 2.20. The van der Waals surface area contributed by atoms with E-state index < -0.39 is 5.60 Å². The van der Waals surface area contributed by atoms with Gasteiger partial charge in [0.15, 0.2) is 0 Å². The third kappa shape index (κ3) is 6.80. The first-order valence-electron chi connectivity index (χ1n) is 7.65. The highest BCUT2D eigenvalue weighted by Crippen LogP contribution is 2.22. The fraction of sp³-hybridized carbons (Fsp3) is 0.588. The van der Waals surface area contributed by atoms with E-state index in [2.05, 4.69) is 10.6 Å². The summed E-state index contributed by atoms with van der Waals surface area (Å²) >= 11 is 0. The second-order valence-corrected chi connectivity index (χ2v) is 6.54. The lowest BCUT2D eigenvalue weighted by atomic mass is 10.1. The van der Waals surface area contributed by atoms with Crippen LogP contribution in [0.2, 0.25) is 0 Å². The Kier molecular flexibility index (Phi) is 6.68. The van der Waals surface area contributed by atoms with Gasteiger partial charge in [0.05, 0.1) is 0 Å². The summed E-state index contributed by atoms with van der Waals surface area (Å²) in [6.45, 7) is 11.5. The third-order valence-electron chi connectivity index (χ3n) is 3.08. The molecule has 0 heterocycles. The van der Waals surface area contributed by atoms with Crippen LogP contribution in [0.1, 0.15) is 43.9 Å². The monoisotopic (exact) mass is 308 g/mol. The fourth-order valence-corrected chi connectivity index (χ4v) is 2.10. The summed E-state index contributed by atoms with van der Waals surface area (Å²) < 4.78 is 5.16. The SMILES string of the molecule is Cc1cc(CNCCCNC(=O)OC(C)(C)C)cc(C)c1O. The average molecular weight is 308 g/mol. The standard InChI is InChI=1S/C17H28N2O3/c1-12-9-14(10-13(2)15(12)20)11-18-7-6-8-19-16(21)22-17(3,4)5/h9-10,18,20H,6-8,11H2,1-5H3,(H,19,21). The van der Waals surface area contributed by atoms with Gasteiger partial charge in [-0.2, -0.15) is 0 Å². The number of benzene rings is 1. The second-order valence-electron chi connectivity index (χ2n) is 6.54. The lowest BCUT2D eigenvalue weighted by Gasteiger charge is -2.19. The molecule has 0 aromatic heterocycles. The Morgan fingerprint density at radius 1 is 1.18 bits per heavy atom. The number of hydrogen-bond acceptors (Lipinski definition) is 4. The Morgan fingerprint density at radius 2 is 1.77 bits per heavy atom. The summed E-state index contributed by atoms with van der Waals surface area (Å²) in [6, 6.07) is 3.96. The lowest BCUT2D eigenvalue weighted by Crippen LogP contribution is -2.33. The third-order valence-corrected chi connectivity index (χ3v) is 3.08. The minimum atomic E-state index is -0.461. The van der Waals surface area contributed by atoms with Gasteiger partial charge in [-0.1, -0.05) is 12.1 Å². The molecular weight excluding hydrogens is 280 g/mol. The topological polar surface area (TPSA) is 70.6 Å².